The summed E-state index contributed by atoms with van der Waals surface area (Å²) in [5.74, 6) is 0. The first-order valence-electron chi connectivity index (χ1n) is 15.4. The minimum atomic E-state index is 1.09. The molecular weight excluding hydrogens is 532 g/mol. The van der Waals surface area contributed by atoms with Crippen LogP contribution in [0.15, 0.2) is 146 Å². The summed E-state index contributed by atoms with van der Waals surface area (Å²) in [6.45, 7) is 0. The molecule has 0 amide bonds. The van der Waals surface area contributed by atoms with Gasteiger partial charge < -0.3 is 9.55 Å². The summed E-state index contributed by atoms with van der Waals surface area (Å²) < 4.78 is 2.40. The first kappa shape index (κ1) is 24.9. The average Bonchev–Trinajstić information content (AvgIpc) is 3.64. The van der Waals surface area contributed by atoms with E-state index in [-0.39, 0.29) is 0 Å². The van der Waals surface area contributed by atoms with E-state index >= 15 is 0 Å². The quantitative estimate of drug-likeness (QED) is 0.220. The summed E-state index contributed by atoms with van der Waals surface area (Å²) in [6.07, 6.45) is 6.76. The maximum atomic E-state index is 3.64. The molecule has 2 heteroatoms. The minimum absolute atomic E-state index is 1.09. The summed E-state index contributed by atoms with van der Waals surface area (Å²) in [4.78, 5) is 3.64. The van der Waals surface area contributed by atoms with Crippen molar-refractivity contribution in [2.24, 2.45) is 0 Å². The van der Waals surface area contributed by atoms with Crippen molar-refractivity contribution >= 4 is 38.8 Å². The number of para-hydroxylation sites is 1. The number of nitrogens with one attached hydrogen (secondary N) is 1. The van der Waals surface area contributed by atoms with E-state index in [1.54, 1.807) is 0 Å². The van der Waals surface area contributed by atoms with Gasteiger partial charge in [-0.25, -0.2) is 0 Å². The Kier molecular flexibility index (Phi) is 5.67. The van der Waals surface area contributed by atoms with Crippen molar-refractivity contribution in [1.29, 1.82) is 0 Å². The maximum absolute atomic E-state index is 3.64. The van der Waals surface area contributed by atoms with Gasteiger partial charge in [0.15, 0.2) is 0 Å². The number of aryl methyl sites for hydroxylation is 1. The average molecular weight is 563 g/mol. The Balaban J connectivity index is 1.13. The van der Waals surface area contributed by atoms with Gasteiger partial charge in [0.25, 0.3) is 0 Å². The van der Waals surface area contributed by atoms with Crippen molar-refractivity contribution < 1.29 is 0 Å². The van der Waals surface area contributed by atoms with Crippen LogP contribution >= 0.6 is 0 Å². The largest absolute Gasteiger partial charge is 0.358 e. The normalized spacial score (nSPS) is 12.7. The van der Waals surface area contributed by atoms with Crippen molar-refractivity contribution in [3.63, 3.8) is 0 Å². The third-order valence-corrected chi connectivity index (χ3v) is 9.20. The molecule has 1 N–H and O–H groups in total. The van der Waals surface area contributed by atoms with E-state index in [0.717, 1.165) is 12.8 Å². The Morgan fingerprint density at radius 2 is 1.11 bits per heavy atom. The van der Waals surface area contributed by atoms with Crippen molar-refractivity contribution in [2.45, 2.75) is 12.8 Å². The van der Waals surface area contributed by atoms with Crippen LogP contribution in [0.5, 0.6) is 0 Å². The number of rotatable bonds is 4. The SMILES string of the molecule is C1=Cc2c([nH]c3ccc(-c4ccc5c(c4)c4ccccc4n5-c4ccc(-c5cccc(-c6ccccc6)c5)cc4)cc23)CC1. The van der Waals surface area contributed by atoms with E-state index in [9.17, 15) is 0 Å². The van der Waals surface area contributed by atoms with Gasteiger partial charge in [-0.15, -0.1) is 0 Å². The molecule has 0 atom stereocenters. The second-order valence-electron chi connectivity index (χ2n) is 11.8. The fourth-order valence-corrected chi connectivity index (χ4v) is 7.01. The predicted octanol–water partition coefficient (Wildman–Crippen LogP) is 11.2. The molecule has 208 valence electrons. The van der Waals surface area contributed by atoms with Crippen LogP contribution in [0.3, 0.4) is 0 Å². The van der Waals surface area contributed by atoms with Crippen LogP contribution in [0.25, 0.3) is 77.9 Å². The van der Waals surface area contributed by atoms with Crippen LogP contribution in [0, 0.1) is 0 Å². The predicted molar refractivity (Wildman–Crippen MR) is 186 cm³/mol. The molecule has 2 nitrogen and oxygen atoms in total. The monoisotopic (exact) mass is 562 g/mol. The van der Waals surface area contributed by atoms with Crippen molar-refractivity contribution in [3.8, 4) is 39.1 Å². The second kappa shape index (κ2) is 10.00. The molecule has 1 aliphatic carbocycles. The van der Waals surface area contributed by atoms with E-state index in [1.165, 1.54) is 83.0 Å². The number of hydrogen-bond donors (Lipinski definition) is 1. The number of nitrogens with zero attached hydrogens (tertiary/aromatic N) is 1. The number of aromatic amines is 1. The molecule has 0 aliphatic heterocycles. The van der Waals surface area contributed by atoms with Gasteiger partial charge in [0.2, 0.25) is 0 Å². The van der Waals surface area contributed by atoms with Crippen LogP contribution in [-0.4, -0.2) is 9.55 Å². The smallest absolute Gasteiger partial charge is 0.0541 e. The van der Waals surface area contributed by atoms with E-state index < -0.39 is 0 Å². The third kappa shape index (κ3) is 4.03. The Bertz CT molecular complexity index is 2370. The topological polar surface area (TPSA) is 20.7 Å². The van der Waals surface area contributed by atoms with Gasteiger partial charge in [0.1, 0.15) is 0 Å². The van der Waals surface area contributed by atoms with Gasteiger partial charge >= 0.3 is 0 Å². The molecule has 0 unspecified atom stereocenters. The molecule has 1 aliphatic rings. The lowest BCUT2D eigenvalue weighted by Gasteiger charge is -2.11. The Labute approximate surface area is 256 Å². The zero-order valence-corrected chi connectivity index (χ0v) is 24.3. The molecule has 8 aromatic rings. The van der Waals surface area contributed by atoms with Gasteiger partial charge in [-0.2, -0.15) is 0 Å². The molecule has 44 heavy (non-hydrogen) atoms. The lowest BCUT2D eigenvalue weighted by atomic mass is 9.98. The number of hydrogen-bond acceptors (Lipinski definition) is 0. The lowest BCUT2D eigenvalue weighted by Crippen LogP contribution is -1.93. The Morgan fingerprint density at radius 1 is 0.477 bits per heavy atom. The third-order valence-electron chi connectivity index (χ3n) is 9.20. The number of aromatic nitrogens is 2. The summed E-state index contributed by atoms with van der Waals surface area (Å²) in [6, 6.07) is 50.9. The molecule has 0 spiro atoms. The van der Waals surface area contributed by atoms with Gasteiger partial charge in [-0.1, -0.05) is 103 Å². The zero-order valence-electron chi connectivity index (χ0n) is 24.3. The summed E-state index contributed by atoms with van der Waals surface area (Å²) in [5.41, 5.74) is 14.9. The summed E-state index contributed by atoms with van der Waals surface area (Å²) in [5, 5.41) is 3.85. The molecule has 0 saturated heterocycles. The molecule has 0 bridgehead atoms. The lowest BCUT2D eigenvalue weighted by molar-refractivity contribution is 0.951. The number of benzene rings is 6. The molecule has 2 aromatic heterocycles. The van der Waals surface area contributed by atoms with Crippen LogP contribution in [0.2, 0.25) is 0 Å². The number of allylic oxidation sites excluding steroid dienone is 1. The van der Waals surface area contributed by atoms with Gasteiger partial charge in [-0.3, -0.25) is 0 Å². The molecule has 2 heterocycles. The molecule has 0 radical (unpaired) electrons. The summed E-state index contributed by atoms with van der Waals surface area (Å²) >= 11 is 0. The summed E-state index contributed by atoms with van der Waals surface area (Å²) in [7, 11) is 0. The first-order valence-corrected chi connectivity index (χ1v) is 15.4. The first-order chi connectivity index (χ1) is 21.8. The highest BCUT2D eigenvalue weighted by Crippen LogP contribution is 2.37. The molecule has 9 rings (SSSR count). The van der Waals surface area contributed by atoms with Crippen LogP contribution < -0.4 is 0 Å². The zero-order chi connectivity index (χ0) is 29.0. The number of H-pyrrole nitrogens is 1. The second-order valence-corrected chi connectivity index (χ2v) is 11.8. The Hall–Kier alpha value is -5.60. The van der Waals surface area contributed by atoms with Gasteiger partial charge in [-0.05, 0) is 94.8 Å². The fourth-order valence-electron chi connectivity index (χ4n) is 7.01. The van der Waals surface area contributed by atoms with Crippen molar-refractivity contribution in [2.75, 3.05) is 0 Å². The maximum Gasteiger partial charge on any atom is 0.0541 e. The highest BCUT2D eigenvalue weighted by molar-refractivity contribution is 6.10. The highest BCUT2D eigenvalue weighted by atomic mass is 15.0. The van der Waals surface area contributed by atoms with E-state index in [0.29, 0.717) is 0 Å². The molecular formula is C42H30N2. The van der Waals surface area contributed by atoms with Gasteiger partial charge in [0.05, 0.1) is 11.0 Å². The van der Waals surface area contributed by atoms with E-state index in [1.807, 2.05) is 0 Å². The molecule has 6 aromatic carbocycles. The fraction of sp³-hybridized carbons (Fsp3) is 0.0476. The Morgan fingerprint density at radius 3 is 1.95 bits per heavy atom. The minimum Gasteiger partial charge on any atom is -0.358 e. The van der Waals surface area contributed by atoms with Crippen molar-refractivity contribution in [3.05, 3.63) is 157 Å². The molecule has 0 saturated carbocycles. The number of fused-ring (bicyclic) bond motifs is 6. The highest BCUT2D eigenvalue weighted by Gasteiger charge is 2.16. The molecule has 0 fully saturated rings. The van der Waals surface area contributed by atoms with Crippen molar-refractivity contribution in [1.82, 2.24) is 9.55 Å². The standard InChI is InChI=1S/C42H30N2/c1-2-9-28(10-3-1)30-11-8-12-31(25-30)29-17-21-34(22-18-29)44-41-16-7-5-14-36(41)38-27-33(20-24-42(38)44)32-19-23-40-37(26-32)35-13-4-6-15-39(35)43-40/h1-5,7-14,16-27,43H,6,15H2. The van der Waals surface area contributed by atoms with E-state index in [4.69, 9.17) is 0 Å². The van der Waals surface area contributed by atoms with Gasteiger partial charge in [0, 0.05) is 38.6 Å². The van der Waals surface area contributed by atoms with Crippen LogP contribution in [-0.2, 0) is 6.42 Å². The van der Waals surface area contributed by atoms with Crippen LogP contribution in [0.4, 0.5) is 0 Å². The van der Waals surface area contributed by atoms with Crippen LogP contribution in [0.1, 0.15) is 17.7 Å². The van der Waals surface area contributed by atoms with E-state index in [2.05, 4.69) is 161 Å².